The van der Waals surface area contributed by atoms with Crippen molar-refractivity contribution >= 4 is 11.6 Å². The lowest BCUT2D eigenvalue weighted by Crippen LogP contribution is -2.15. The summed E-state index contributed by atoms with van der Waals surface area (Å²) >= 11 is 0. The van der Waals surface area contributed by atoms with E-state index in [2.05, 4.69) is 53.4 Å². The predicted molar refractivity (Wildman–Crippen MR) is 96.5 cm³/mol. The predicted octanol–water partition coefficient (Wildman–Crippen LogP) is 3.87. The number of nitrogens with zero attached hydrogens (tertiary/aromatic N) is 2. The molecule has 122 valence electrons. The summed E-state index contributed by atoms with van der Waals surface area (Å²) in [5, 5.41) is 11.2. The van der Waals surface area contributed by atoms with Gasteiger partial charge in [0.1, 0.15) is 0 Å². The molecular weight excluding hydrogens is 300 g/mol. The molecule has 0 fully saturated rings. The highest BCUT2D eigenvalue weighted by atomic mass is 16.1. The van der Waals surface area contributed by atoms with Crippen molar-refractivity contribution in [3.05, 3.63) is 70.5 Å². The van der Waals surface area contributed by atoms with Crippen LogP contribution < -0.4 is 10.9 Å². The molecule has 0 bridgehead atoms. The van der Waals surface area contributed by atoms with Crippen molar-refractivity contribution in [2.75, 3.05) is 5.32 Å². The van der Waals surface area contributed by atoms with E-state index in [4.69, 9.17) is 0 Å². The number of hydrogen-bond donors (Lipinski definition) is 2. The Morgan fingerprint density at radius 1 is 0.917 bits per heavy atom. The molecule has 0 aliphatic carbocycles. The fraction of sp³-hybridized carbons (Fsp3) is 0.211. The molecule has 0 aliphatic heterocycles. The van der Waals surface area contributed by atoms with E-state index in [-0.39, 0.29) is 11.0 Å². The van der Waals surface area contributed by atoms with Crippen molar-refractivity contribution in [3.8, 4) is 11.3 Å². The Morgan fingerprint density at radius 2 is 1.58 bits per heavy atom. The quantitative estimate of drug-likeness (QED) is 0.768. The average Bonchev–Trinajstić information content (AvgIpc) is 2.55. The SMILES string of the molecule is CC(C)(C)c1ccc(Nc2nnc(-c3ccccc3)c(=O)[nH]2)cc1. The third-order valence-corrected chi connectivity index (χ3v) is 3.76. The molecule has 0 amide bonds. The van der Waals surface area contributed by atoms with E-state index in [1.54, 1.807) is 0 Å². The van der Waals surface area contributed by atoms with Gasteiger partial charge in [0.2, 0.25) is 5.95 Å². The summed E-state index contributed by atoms with van der Waals surface area (Å²) in [7, 11) is 0. The van der Waals surface area contributed by atoms with Crippen LogP contribution in [0.1, 0.15) is 26.3 Å². The zero-order valence-electron chi connectivity index (χ0n) is 14.0. The molecule has 5 nitrogen and oxygen atoms in total. The van der Waals surface area contributed by atoms with E-state index in [0.29, 0.717) is 11.6 Å². The van der Waals surface area contributed by atoms with Crippen molar-refractivity contribution in [2.24, 2.45) is 0 Å². The van der Waals surface area contributed by atoms with Crippen LogP contribution in [0.25, 0.3) is 11.3 Å². The Morgan fingerprint density at radius 3 is 2.17 bits per heavy atom. The molecule has 0 unspecified atom stereocenters. The zero-order chi connectivity index (χ0) is 17.2. The number of H-pyrrole nitrogens is 1. The summed E-state index contributed by atoms with van der Waals surface area (Å²) in [6, 6.07) is 17.3. The first-order valence-electron chi connectivity index (χ1n) is 7.83. The summed E-state index contributed by atoms with van der Waals surface area (Å²) in [6.07, 6.45) is 0. The molecule has 2 N–H and O–H groups in total. The molecule has 0 saturated carbocycles. The van der Waals surface area contributed by atoms with E-state index in [0.717, 1.165) is 11.3 Å². The van der Waals surface area contributed by atoms with Crippen LogP contribution >= 0.6 is 0 Å². The van der Waals surface area contributed by atoms with E-state index < -0.39 is 0 Å². The van der Waals surface area contributed by atoms with Crippen molar-refractivity contribution < 1.29 is 0 Å². The van der Waals surface area contributed by atoms with Gasteiger partial charge in [-0.2, -0.15) is 0 Å². The lowest BCUT2D eigenvalue weighted by Gasteiger charge is -2.19. The highest BCUT2D eigenvalue weighted by Crippen LogP contribution is 2.24. The van der Waals surface area contributed by atoms with Crippen molar-refractivity contribution in [3.63, 3.8) is 0 Å². The Bertz CT molecular complexity index is 878. The molecule has 0 atom stereocenters. The Labute approximate surface area is 140 Å². The highest BCUT2D eigenvalue weighted by molar-refractivity contribution is 5.59. The maximum Gasteiger partial charge on any atom is 0.279 e. The first-order chi connectivity index (χ1) is 11.4. The van der Waals surface area contributed by atoms with E-state index in [1.807, 2.05) is 42.5 Å². The van der Waals surface area contributed by atoms with Gasteiger partial charge in [-0.05, 0) is 23.1 Å². The van der Waals surface area contributed by atoms with Crippen LogP contribution in [0.4, 0.5) is 11.6 Å². The molecule has 0 spiro atoms. The van der Waals surface area contributed by atoms with Gasteiger partial charge in [-0.3, -0.25) is 9.78 Å². The second-order valence-electron chi connectivity index (χ2n) is 6.67. The van der Waals surface area contributed by atoms with Crippen LogP contribution in [0.5, 0.6) is 0 Å². The zero-order valence-corrected chi connectivity index (χ0v) is 14.0. The normalized spacial score (nSPS) is 11.3. The molecule has 24 heavy (non-hydrogen) atoms. The summed E-state index contributed by atoms with van der Waals surface area (Å²) in [6.45, 7) is 6.50. The van der Waals surface area contributed by atoms with Gasteiger partial charge in [0.25, 0.3) is 5.56 Å². The van der Waals surface area contributed by atoms with Gasteiger partial charge >= 0.3 is 0 Å². The molecule has 1 aromatic heterocycles. The first-order valence-corrected chi connectivity index (χ1v) is 7.83. The largest absolute Gasteiger partial charge is 0.324 e. The monoisotopic (exact) mass is 320 g/mol. The molecule has 5 heteroatoms. The van der Waals surface area contributed by atoms with Crippen LogP contribution in [0, 0.1) is 0 Å². The fourth-order valence-electron chi connectivity index (χ4n) is 2.37. The van der Waals surface area contributed by atoms with Crippen LogP contribution in [-0.4, -0.2) is 15.2 Å². The number of rotatable bonds is 3. The summed E-state index contributed by atoms with van der Waals surface area (Å²) in [4.78, 5) is 14.9. The van der Waals surface area contributed by atoms with Gasteiger partial charge in [-0.1, -0.05) is 63.2 Å². The number of anilines is 2. The smallest absolute Gasteiger partial charge is 0.279 e. The van der Waals surface area contributed by atoms with Crippen molar-refractivity contribution in [1.82, 2.24) is 15.2 Å². The average molecular weight is 320 g/mol. The van der Waals surface area contributed by atoms with Gasteiger partial charge < -0.3 is 5.32 Å². The van der Waals surface area contributed by atoms with Crippen molar-refractivity contribution in [1.29, 1.82) is 0 Å². The van der Waals surface area contributed by atoms with Crippen LogP contribution in [-0.2, 0) is 5.41 Å². The van der Waals surface area contributed by atoms with Crippen LogP contribution in [0.15, 0.2) is 59.4 Å². The lowest BCUT2D eigenvalue weighted by molar-refractivity contribution is 0.590. The number of nitrogens with one attached hydrogen (secondary N) is 2. The summed E-state index contributed by atoms with van der Waals surface area (Å²) in [5.41, 5.74) is 2.97. The number of benzene rings is 2. The van der Waals surface area contributed by atoms with E-state index >= 15 is 0 Å². The summed E-state index contributed by atoms with van der Waals surface area (Å²) in [5.74, 6) is 0.322. The first kappa shape index (κ1) is 15.9. The molecule has 3 rings (SSSR count). The minimum absolute atomic E-state index is 0.101. The number of aromatic nitrogens is 3. The van der Waals surface area contributed by atoms with E-state index in [1.165, 1.54) is 5.56 Å². The van der Waals surface area contributed by atoms with Gasteiger partial charge in [-0.15, -0.1) is 10.2 Å². The van der Waals surface area contributed by atoms with Gasteiger partial charge in [0.05, 0.1) is 0 Å². The van der Waals surface area contributed by atoms with Crippen LogP contribution in [0.3, 0.4) is 0 Å². The van der Waals surface area contributed by atoms with Crippen molar-refractivity contribution in [2.45, 2.75) is 26.2 Å². The molecule has 1 heterocycles. The summed E-state index contributed by atoms with van der Waals surface area (Å²) < 4.78 is 0. The lowest BCUT2D eigenvalue weighted by atomic mass is 9.87. The third-order valence-electron chi connectivity index (χ3n) is 3.76. The maximum absolute atomic E-state index is 12.2. The molecular formula is C19H20N4O. The Balaban J connectivity index is 1.82. The maximum atomic E-state index is 12.2. The van der Waals surface area contributed by atoms with E-state index in [9.17, 15) is 4.79 Å². The van der Waals surface area contributed by atoms with Crippen LogP contribution in [0.2, 0.25) is 0 Å². The molecule has 0 saturated heterocycles. The minimum Gasteiger partial charge on any atom is -0.324 e. The second-order valence-corrected chi connectivity index (χ2v) is 6.67. The van der Waals surface area contributed by atoms with Gasteiger partial charge in [0, 0.05) is 11.3 Å². The fourth-order valence-corrected chi connectivity index (χ4v) is 2.37. The molecule has 2 aromatic carbocycles. The molecule has 3 aromatic rings. The third kappa shape index (κ3) is 3.51. The van der Waals surface area contributed by atoms with Gasteiger partial charge in [0.15, 0.2) is 5.69 Å². The standard InChI is InChI=1S/C19H20N4O/c1-19(2,3)14-9-11-15(12-10-14)20-18-21-17(24)16(22-23-18)13-7-5-4-6-8-13/h4-12H,1-3H3,(H2,20,21,23,24). The Hall–Kier alpha value is -2.95. The number of aromatic amines is 1. The Kier molecular flexibility index (Phi) is 4.16. The van der Waals surface area contributed by atoms with Gasteiger partial charge in [-0.25, -0.2) is 0 Å². The minimum atomic E-state index is -0.273. The second kappa shape index (κ2) is 6.28. The highest BCUT2D eigenvalue weighted by Gasteiger charge is 2.13. The molecule has 0 radical (unpaired) electrons. The number of hydrogen-bond acceptors (Lipinski definition) is 4. The molecule has 0 aliphatic rings. The topological polar surface area (TPSA) is 70.7 Å².